The molecule has 10 fully saturated rings. The Morgan fingerprint density at radius 3 is 1.84 bits per heavy atom. The van der Waals surface area contributed by atoms with Crippen LogP contribution in [0.25, 0.3) is 0 Å². The highest BCUT2D eigenvalue weighted by Gasteiger charge is 2.58. The topological polar surface area (TPSA) is 490 Å². The first kappa shape index (κ1) is 84.9. The van der Waals surface area contributed by atoms with Crippen LogP contribution in [0.3, 0.4) is 0 Å². The number of unbranched alkanes of at least 4 members (excludes halogenated alkanes) is 5. The second-order valence-corrected chi connectivity index (χ2v) is 35.8. The van der Waals surface area contributed by atoms with Gasteiger partial charge in [0.1, 0.15) is 72.9 Å². The van der Waals surface area contributed by atoms with Crippen LogP contribution in [-0.2, 0) is 43.1 Å². The molecule has 33 heteroatoms. The van der Waals surface area contributed by atoms with Crippen LogP contribution >= 0.6 is 23.2 Å². The number of benzene rings is 1. The van der Waals surface area contributed by atoms with Crippen LogP contribution in [0.2, 0.25) is 0 Å². The van der Waals surface area contributed by atoms with E-state index in [0.717, 1.165) is 70.6 Å². The fraction of sp³-hybridized carbons (Fsp3) is 0.821. The third-order valence-corrected chi connectivity index (χ3v) is 27.6. The number of rotatable bonds is 21. The van der Waals surface area contributed by atoms with Crippen molar-refractivity contribution in [3.63, 3.8) is 0 Å². The number of halogens is 2. The van der Waals surface area contributed by atoms with Gasteiger partial charge < -0.3 is 118 Å². The number of alkyl halides is 2. The lowest BCUT2D eigenvalue weighted by Gasteiger charge is -2.55. The molecule has 6 heterocycles. The van der Waals surface area contributed by atoms with Gasteiger partial charge in [-0.15, -0.1) is 23.2 Å². The van der Waals surface area contributed by atoms with Gasteiger partial charge in [-0.3, -0.25) is 38.4 Å². The number of primary amides is 1. The van der Waals surface area contributed by atoms with E-state index in [4.69, 9.17) is 47.9 Å². The van der Waals surface area contributed by atoms with E-state index in [1.165, 1.54) is 12.1 Å². The van der Waals surface area contributed by atoms with Gasteiger partial charge in [0, 0.05) is 18.5 Å². The molecule has 2 saturated heterocycles. The number of nitrogens with two attached hydrogens (primary N) is 1. The van der Waals surface area contributed by atoms with E-state index >= 15 is 28.8 Å². The monoisotopic (exact) mass is 1600 g/mol. The SMILES string of the molecule is CCCCCCCCNCC1[C@H](O)C2C3C[C@H](CC[C@H]3O)[C@H]3NC(=O)[C@@H]4NC(=O)[C@H](CC(N)=O)NC(=O)[C@H](NC(=O)[C@@H](CC(C)C)NC)[C@H](O)[C@H]5CC[C@@H](Oc6cc4cc(c6O[C@@H]4O[C@H](CO)[C@@H](O)[C@H](O)[C@H]4O)O[C@@H]4CC[C@@H](C[C@@H]4Cl)[C@@H](O)[C@H](NC3=O)C(=O)N[C@H](C(=O)NC3C4CC6CC(C4)CC3C6)C2C[C@@H]1O)[C@H](Cl)C5. The zero-order valence-corrected chi connectivity index (χ0v) is 65.4. The minimum atomic E-state index is -2.12. The van der Waals surface area contributed by atoms with Crippen molar-refractivity contribution in [3.8, 4) is 17.2 Å². The molecule has 20 N–H and O–H groups in total. The molecule has 1 aromatic rings. The van der Waals surface area contributed by atoms with Gasteiger partial charge in [-0.25, -0.2) is 0 Å². The Morgan fingerprint density at radius 2 is 1.23 bits per heavy atom. The van der Waals surface area contributed by atoms with Crippen molar-refractivity contribution < 1.29 is 103 Å². The number of hydrogen-bond acceptors (Lipinski definition) is 23. The Morgan fingerprint density at radius 1 is 0.613 bits per heavy atom. The summed E-state index contributed by atoms with van der Waals surface area (Å²) >= 11 is 14.8. The quantitative estimate of drug-likeness (QED) is 0.0553. The van der Waals surface area contributed by atoms with Crippen LogP contribution in [0, 0.1) is 71.0 Å². The Balaban J connectivity index is 0.987. The van der Waals surface area contributed by atoms with Crippen molar-refractivity contribution in [1.29, 1.82) is 0 Å². The molecule has 4 unspecified atom stereocenters. The van der Waals surface area contributed by atoms with Crippen molar-refractivity contribution in [2.24, 2.45) is 76.7 Å². The fourth-order valence-electron chi connectivity index (χ4n) is 20.9. The molecule has 8 aliphatic carbocycles. The van der Waals surface area contributed by atoms with Crippen LogP contribution in [0.5, 0.6) is 17.2 Å². The number of aliphatic hydroxyl groups excluding tert-OH is 9. The first-order valence-electron chi connectivity index (χ1n) is 41.0. The average Bonchev–Trinajstić information content (AvgIpc) is 0.753. The predicted octanol–water partition coefficient (Wildman–Crippen LogP) is -0.329. The van der Waals surface area contributed by atoms with E-state index in [1.54, 1.807) is 7.05 Å². The number of likely N-dealkylation sites (N-methyl/N-ethyl adjacent to an activating group) is 1. The molecule has 622 valence electrons. The summed E-state index contributed by atoms with van der Waals surface area (Å²) in [7, 11) is 1.54. The van der Waals surface area contributed by atoms with Gasteiger partial charge in [0.2, 0.25) is 59.3 Å². The maximum absolute atomic E-state index is 16.4. The zero-order chi connectivity index (χ0) is 79.5. The number of carbonyl (C=O) groups excluding carboxylic acids is 8. The molecule has 0 spiro atoms. The minimum Gasteiger partial charge on any atom is -0.485 e. The number of hydrogen-bond donors (Lipinski definition) is 19. The third kappa shape index (κ3) is 19.1. The zero-order valence-electron chi connectivity index (χ0n) is 63.9. The molecule has 111 heavy (non-hydrogen) atoms. The van der Waals surface area contributed by atoms with Crippen molar-refractivity contribution >= 4 is 70.5 Å². The smallest absolute Gasteiger partial charge is 0.247 e. The van der Waals surface area contributed by atoms with E-state index in [1.807, 2.05) is 13.8 Å². The van der Waals surface area contributed by atoms with Gasteiger partial charge in [-0.1, -0.05) is 52.9 Å². The van der Waals surface area contributed by atoms with E-state index in [0.29, 0.717) is 18.4 Å². The van der Waals surface area contributed by atoms with E-state index < -0.39 is 234 Å². The molecule has 8 saturated carbocycles. The van der Waals surface area contributed by atoms with E-state index in [-0.39, 0.29) is 118 Å². The first-order valence-corrected chi connectivity index (χ1v) is 41.9. The molecule has 14 aliphatic rings. The van der Waals surface area contributed by atoms with Crippen LogP contribution in [-0.4, -0.2) is 246 Å². The summed E-state index contributed by atoms with van der Waals surface area (Å²) in [6.45, 7) is 5.74. The molecule has 0 radical (unpaired) electrons. The summed E-state index contributed by atoms with van der Waals surface area (Å²) in [6, 6.07) is -9.83. The Bertz CT molecular complexity index is 3410. The molecule has 28 atom stereocenters. The lowest BCUT2D eigenvalue weighted by Crippen LogP contribution is -2.68. The van der Waals surface area contributed by atoms with Gasteiger partial charge in [-0.05, 0) is 206 Å². The maximum Gasteiger partial charge on any atom is 0.247 e. The van der Waals surface area contributed by atoms with Crippen LogP contribution in [0.15, 0.2) is 12.1 Å². The molecule has 15 rings (SSSR count). The summed E-state index contributed by atoms with van der Waals surface area (Å²) in [5.41, 5.74) is 5.62. The van der Waals surface area contributed by atoms with Gasteiger partial charge in [0.15, 0.2) is 11.5 Å². The average molecular weight is 1600 g/mol. The molecule has 1 aromatic carbocycles. The molecule has 8 amide bonds. The normalized spacial score (nSPS) is 41.4. The van der Waals surface area contributed by atoms with Crippen molar-refractivity contribution in [2.75, 3.05) is 26.7 Å². The molecular formula is C78H120Cl2N10O21. The summed E-state index contributed by atoms with van der Waals surface area (Å²) in [4.78, 5) is 122. The van der Waals surface area contributed by atoms with E-state index in [9.17, 15) is 55.5 Å². The van der Waals surface area contributed by atoms with Gasteiger partial charge in [0.05, 0.1) is 60.3 Å². The Hall–Kier alpha value is -5.52. The first-order chi connectivity index (χ1) is 53.0. The summed E-state index contributed by atoms with van der Waals surface area (Å²) in [5, 5.41) is 132. The summed E-state index contributed by atoms with van der Waals surface area (Å²) in [5.74, 6) is -14.7. The molecule has 15 bridgehead atoms. The third-order valence-electron chi connectivity index (χ3n) is 26.7. The number of aliphatic hydroxyl groups is 9. The summed E-state index contributed by atoms with van der Waals surface area (Å²) < 4.78 is 26.3. The highest BCUT2D eigenvalue weighted by Crippen LogP contribution is 2.55. The highest BCUT2D eigenvalue weighted by molar-refractivity contribution is 6.21. The standard InChI is InChI=1S/C78H120Cl2N10O21/c1-5-6-7-8-9-10-17-83-31-44-50(93)29-43-57(66(44)97)42-24-36(11-14-49(42)92)59-73(103)90-63(77(107)88-61(43)75(105)85-58-39-20-34-19-35(22-39)23-40(58)21-34)65(96)38-13-16-52(46(80)26-38)109-54-28-41-27-53(70(54)111-78-69(100)68(99)67(98)55(32-91)110-78)108-51-15-12-37(25-45(51)79)64(95)62(89-71(101)47(82-4)18-33(2)3)76(106)84-48(30-56(81)94)72(102)86-60(41)74(104)87-59/h27-28,33-40,42-52,55,57-69,78,82-83,91-93,95-100H,5-26,29-32H2,1-4H3,(H2,81,94)(H,84,106)(H,85,105)(H,86,102)(H,87,104)(H,88,107)(H,89,101)(H,90,103)/t34?,35?,36-,37-,38-,39?,40?,42?,43?,44?,45+,46-,47+,48-,49+,50-,51+,52+,55+,57?,58?,59+,60+,61-,62+,63-,64+,65+,66-,67+,68-,69+,78-/m0/s1. The van der Waals surface area contributed by atoms with Gasteiger partial charge in [-0.2, -0.15) is 0 Å². The highest BCUT2D eigenvalue weighted by atomic mass is 35.5. The maximum atomic E-state index is 16.4. The van der Waals surface area contributed by atoms with Crippen LogP contribution in [0.1, 0.15) is 180 Å². The summed E-state index contributed by atoms with van der Waals surface area (Å²) in [6.07, 6.45) is -9.17. The Labute approximate surface area is 657 Å². The van der Waals surface area contributed by atoms with Crippen LogP contribution in [0.4, 0.5) is 0 Å². The number of amides is 8. The fourth-order valence-corrected chi connectivity index (χ4v) is 21.8. The number of nitrogens with one attached hydrogen (secondary N) is 9. The predicted molar refractivity (Wildman–Crippen MR) is 401 cm³/mol. The van der Waals surface area contributed by atoms with Crippen molar-refractivity contribution in [1.82, 2.24) is 47.9 Å². The number of fused-ring (bicyclic) bond motifs is 15. The minimum absolute atomic E-state index is 0.00434. The van der Waals surface area contributed by atoms with E-state index in [2.05, 4.69) is 54.8 Å². The van der Waals surface area contributed by atoms with Crippen molar-refractivity contribution in [3.05, 3.63) is 17.7 Å². The van der Waals surface area contributed by atoms with Gasteiger partial charge >= 0.3 is 0 Å². The Kier molecular flexibility index (Phi) is 28.4. The molecule has 31 nitrogen and oxygen atoms in total. The molecule has 0 aromatic heterocycles. The van der Waals surface area contributed by atoms with Crippen molar-refractivity contribution in [2.45, 2.75) is 301 Å². The molecular weight excluding hydrogens is 1480 g/mol. The van der Waals surface area contributed by atoms with Gasteiger partial charge in [0.25, 0.3) is 0 Å². The number of carbonyl (C=O) groups is 8. The lowest BCUT2D eigenvalue weighted by molar-refractivity contribution is -0.278. The molecule has 6 aliphatic heterocycles. The largest absolute Gasteiger partial charge is 0.485 e. The second kappa shape index (κ2) is 37.2. The number of ether oxygens (including phenoxy) is 4. The second-order valence-electron chi connectivity index (χ2n) is 34.7. The van der Waals surface area contributed by atoms with Crippen LogP contribution < -0.4 is 67.8 Å². The lowest BCUT2D eigenvalue weighted by atomic mass is 9.54.